The first-order valence-corrected chi connectivity index (χ1v) is 9.74. The summed E-state index contributed by atoms with van der Waals surface area (Å²) in [5.74, 6) is 1.83. The number of amidine groups is 1. The Bertz CT molecular complexity index is 828. The van der Waals surface area contributed by atoms with Gasteiger partial charge in [0, 0.05) is 19.6 Å². The lowest BCUT2D eigenvalue weighted by molar-refractivity contribution is 0.0846. The summed E-state index contributed by atoms with van der Waals surface area (Å²) < 4.78 is 19.1. The van der Waals surface area contributed by atoms with Crippen molar-refractivity contribution in [2.24, 2.45) is 4.99 Å². The second kappa shape index (κ2) is 8.62. The fourth-order valence-electron chi connectivity index (χ4n) is 3.68. The average molecular weight is 384 g/mol. The zero-order chi connectivity index (χ0) is 19.3. The fourth-order valence-corrected chi connectivity index (χ4v) is 3.68. The molecule has 0 aliphatic carbocycles. The molecule has 3 heterocycles. The number of aliphatic imine (C=N–C) groups is 1. The standard InChI is InChI=1S/C20H25FN6O/c1-2-5-19(26-18-13-28-17-7-4-3-6-15(17)25-18)27-9-8-22-12-16(27)20-23-10-14(21)11-24-20/h3-4,6-7,10-11,16,19,22H,2,5,8-9,12-13H2,1H3,(H,25,26). The maximum Gasteiger partial charge on any atom is 0.159 e. The van der Waals surface area contributed by atoms with Crippen LogP contribution in [0.4, 0.5) is 10.1 Å². The molecule has 7 nitrogen and oxygen atoms in total. The Morgan fingerprint density at radius 2 is 2.14 bits per heavy atom. The van der Waals surface area contributed by atoms with Gasteiger partial charge in [-0.3, -0.25) is 4.90 Å². The number of piperazine rings is 1. The van der Waals surface area contributed by atoms with Crippen molar-refractivity contribution in [1.82, 2.24) is 25.5 Å². The smallest absolute Gasteiger partial charge is 0.159 e. The topological polar surface area (TPSA) is 74.7 Å². The van der Waals surface area contributed by atoms with Gasteiger partial charge >= 0.3 is 0 Å². The molecule has 2 atom stereocenters. The molecule has 0 amide bonds. The molecule has 148 valence electrons. The predicted molar refractivity (Wildman–Crippen MR) is 105 cm³/mol. The van der Waals surface area contributed by atoms with E-state index < -0.39 is 5.82 Å². The van der Waals surface area contributed by atoms with Crippen molar-refractivity contribution in [1.29, 1.82) is 0 Å². The monoisotopic (exact) mass is 384 g/mol. The Morgan fingerprint density at radius 3 is 2.96 bits per heavy atom. The van der Waals surface area contributed by atoms with Crippen LogP contribution in [0, 0.1) is 5.82 Å². The van der Waals surface area contributed by atoms with E-state index in [-0.39, 0.29) is 12.2 Å². The number of nitrogens with one attached hydrogen (secondary N) is 2. The zero-order valence-corrected chi connectivity index (χ0v) is 15.9. The highest BCUT2D eigenvalue weighted by Crippen LogP contribution is 2.30. The van der Waals surface area contributed by atoms with E-state index in [4.69, 9.17) is 9.73 Å². The summed E-state index contributed by atoms with van der Waals surface area (Å²) in [7, 11) is 0. The molecular weight excluding hydrogens is 359 g/mol. The Morgan fingerprint density at radius 1 is 1.32 bits per heavy atom. The van der Waals surface area contributed by atoms with Gasteiger partial charge in [-0.05, 0) is 18.6 Å². The third-order valence-corrected chi connectivity index (χ3v) is 5.00. The van der Waals surface area contributed by atoms with Gasteiger partial charge in [0.2, 0.25) is 0 Å². The van der Waals surface area contributed by atoms with Crippen molar-refractivity contribution in [3.63, 3.8) is 0 Å². The van der Waals surface area contributed by atoms with E-state index in [1.807, 2.05) is 24.3 Å². The Hall–Kier alpha value is -2.58. The number of benzene rings is 1. The van der Waals surface area contributed by atoms with E-state index in [0.717, 1.165) is 49.7 Å². The van der Waals surface area contributed by atoms with E-state index in [9.17, 15) is 4.39 Å². The summed E-state index contributed by atoms with van der Waals surface area (Å²) >= 11 is 0. The number of halogens is 1. The van der Waals surface area contributed by atoms with Gasteiger partial charge in [-0.25, -0.2) is 19.4 Å². The van der Waals surface area contributed by atoms with Crippen molar-refractivity contribution in [3.8, 4) is 5.75 Å². The minimum absolute atomic E-state index is 0.0317. The van der Waals surface area contributed by atoms with Crippen molar-refractivity contribution >= 4 is 11.5 Å². The largest absolute Gasteiger partial charge is 0.483 e. The van der Waals surface area contributed by atoms with Crippen molar-refractivity contribution < 1.29 is 9.13 Å². The van der Waals surface area contributed by atoms with Crippen LogP contribution in [0.15, 0.2) is 41.7 Å². The van der Waals surface area contributed by atoms with Gasteiger partial charge in [0.25, 0.3) is 0 Å². The number of hydrogen-bond acceptors (Lipinski definition) is 7. The van der Waals surface area contributed by atoms with Gasteiger partial charge < -0.3 is 15.4 Å². The van der Waals surface area contributed by atoms with Crippen molar-refractivity contribution in [2.45, 2.75) is 32.0 Å². The van der Waals surface area contributed by atoms with Crippen LogP contribution in [0.1, 0.15) is 31.6 Å². The second-order valence-corrected chi connectivity index (χ2v) is 6.98. The van der Waals surface area contributed by atoms with Gasteiger partial charge in [0.15, 0.2) is 5.82 Å². The molecule has 1 saturated heterocycles. The van der Waals surface area contributed by atoms with Crippen LogP contribution in [0.5, 0.6) is 5.75 Å². The SMILES string of the molecule is CCCC(NC1=Nc2ccccc2OC1)N1CCNCC1c1ncc(F)cn1. The summed E-state index contributed by atoms with van der Waals surface area (Å²) in [6.45, 7) is 5.02. The van der Waals surface area contributed by atoms with Crippen LogP contribution < -0.4 is 15.4 Å². The maximum absolute atomic E-state index is 13.3. The van der Waals surface area contributed by atoms with Crippen LogP contribution >= 0.6 is 0 Å². The van der Waals surface area contributed by atoms with Crippen LogP contribution in [0.2, 0.25) is 0 Å². The van der Waals surface area contributed by atoms with Gasteiger partial charge in [-0.1, -0.05) is 25.5 Å². The van der Waals surface area contributed by atoms with E-state index in [0.29, 0.717) is 12.4 Å². The lowest BCUT2D eigenvalue weighted by atomic mass is 10.1. The van der Waals surface area contributed by atoms with Gasteiger partial charge in [0.05, 0.1) is 24.6 Å². The molecule has 8 heteroatoms. The molecule has 1 aromatic carbocycles. The molecule has 2 aliphatic rings. The summed E-state index contributed by atoms with van der Waals surface area (Å²) in [4.78, 5) is 15.5. The lowest BCUT2D eigenvalue weighted by Crippen LogP contribution is -2.57. The van der Waals surface area contributed by atoms with E-state index >= 15 is 0 Å². The summed E-state index contributed by atoms with van der Waals surface area (Å²) in [6, 6.07) is 7.75. The summed E-state index contributed by atoms with van der Waals surface area (Å²) in [5.41, 5.74) is 0.838. The molecule has 1 fully saturated rings. The normalized spacial score (nSPS) is 20.6. The molecule has 0 spiro atoms. The summed E-state index contributed by atoms with van der Waals surface area (Å²) in [5, 5.41) is 6.97. The van der Waals surface area contributed by atoms with Crippen molar-refractivity contribution in [3.05, 3.63) is 48.3 Å². The number of ether oxygens (including phenoxy) is 1. The molecule has 2 aromatic rings. The maximum atomic E-state index is 13.3. The van der Waals surface area contributed by atoms with E-state index in [1.165, 1.54) is 12.4 Å². The number of aromatic nitrogens is 2. The molecule has 2 unspecified atom stereocenters. The quantitative estimate of drug-likeness (QED) is 0.825. The molecule has 0 bridgehead atoms. The molecular formula is C20H25FN6O. The third-order valence-electron chi connectivity index (χ3n) is 5.00. The minimum Gasteiger partial charge on any atom is -0.483 e. The molecule has 1 aromatic heterocycles. The lowest BCUT2D eigenvalue weighted by Gasteiger charge is -2.41. The highest BCUT2D eigenvalue weighted by Gasteiger charge is 2.32. The zero-order valence-electron chi connectivity index (χ0n) is 15.9. The minimum atomic E-state index is -0.422. The first kappa shape index (κ1) is 18.8. The Labute approximate surface area is 164 Å². The number of para-hydroxylation sites is 2. The summed E-state index contributed by atoms with van der Waals surface area (Å²) in [6.07, 6.45) is 4.49. The van der Waals surface area contributed by atoms with Crippen LogP contribution in [-0.4, -0.2) is 53.1 Å². The predicted octanol–water partition coefficient (Wildman–Crippen LogP) is 2.40. The average Bonchev–Trinajstić information content (AvgIpc) is 2.74. The van der Waals surface area contributed by atoms with Gasteiger partial charge in [-0.2, -0.15) is 0 Å². The first-order chi connectivity index (χ1) is 13.7. The van der Waals surface area contributed by atoms with Gasteiger partial charge in [-0.15, -0.1) is 0 Å². The molecule has 2 aliphatic heterocycles. The number of nitrogens with zero attached hydrogens (tertiary/aromatic N) is 4. The van der Waals surface area contributed by atoms with Gasteiger partial charge in [0.1, 0.15) is 29.7 Å². The van der Waals surface area contributed by atoms with E-state index in [2.05, 4.69) is 32.4 Å². The van der Waals surface area contributed by atoms with Crippen LogP contribution in [-0.2, 0) is 0 Å². The third kappa shape index (κ3) is 4.13. The highest BCUT2D eigenvalue weighted by atomic mass is 19.1. The highest BCUT2D eigenvalue weighted by molar-refractivity contribution is 5.88. The molecule has 0 saturated carbocycles. The Kier molecular flexibility index (Phi) is 5.78. The number of fused-ring (bicyclic) bond motifs is 1. The van der Waals surface area contributed by atoms with Crippen LogP contribution in [0.3, 0.4) is 0 Å². The molecule has 0 radical (unpaired) electrons. The fraction of sp³-hybridized carbons (Fsp3) is 0.450. The number of hydrogen-bond donors (Lipinski definition) is 2. The van der Waals surface area contributed by atoms with Crippen molar-refractivity contribution in [2.75, 3.05) is 26.2 Å². The van der Waals surface area contributed by atoms with Crippen LogP contribution in [0.25, 0.3) is 0 Å². The van der Waals surface area contributed by atoms with E-state index in [1.54, 1.807) is 0 Å². The Balaban J connectivity index is 1.56. The number of rotatable bonds is 5. The molecule has 2 N–H and O–H groups in total. The molecule has 28 heavy (non-hydrogen) atoms. The molecule has 4 rings (SSSR count). The first-order valence-electron chi connectivity index (χ1n) is 9.74. The second-order valence-electron chi connectivity index (χ2n) is 6.98.